The van der Waals surface area contributed by atoms with Crippen molar-refractivity contribution in [3.05, 3.63) is 29.8 Å². The molecule has 0 fully saturated rings. The van der Waals surface area contributed by atoms with Crippen LogP contribution in [-0.4, -0.2) is 44.1 Å². The Hall–Kier alpha value is -0.950. The number of sulfonamides is 1. The van der Waals surface area contributed by atoms with Crippen molar-refractivity contribution in [1.29, 1.82) is 0 Å². The summed E-state index contributed by atoms with van der Waals surface area (Å²) in [6, 6.07) is 7.24. The zero-order valence-electron chi connectivity index (χ0n) is 14.1. The fourth-order valence-corrected chi connectivity index (χ4v) is 3.28. The van der Waals surface area contributed by atoms with E-state index in [0.717, 1.165) is 5.56 Å². The van der Waals surface area contributed by atoms with Crippen LogP contribution in [0.15, 0.2) is 29.2 Å². The molecule has 0 saturated carbocycles. The second-order valence-corrected chi connectivity index (χ2v) is 8.64. The van der Waals surface area contributed by atoms with Crippen molar-refractivity contribution in [3.63, 3.8) is 0 Å². The van der Waals surface area contributed by atoms with Crippen molar-refractivity contribution in [3.8, 4) is 0 Å². The third-order valence-electron chi connectivity index (χ3n) is 3.97. The lowest BCUT2D eigenvalue weighted by atomic mass is 9.88. The van der Waals surface area contributed by atoms with Crippen LogP contribution in [0.5, 0.6) is 0 Å². The molecule has 22 heavy (non-hydrogen) atoms. The maximum Gasteiger partial charge on any atom is 0.243 e. The quantitative estimate of drug-likeness (QED) is 0.801. The number of nitrogens with zero attached hydrogens (tertiary/aromatic N) is 1. The standard InChI is InChI=1S/C16H28N2O3S/c1-13(16(2,3)4)17-12-14-8-6-7-9-15(14)22(20,21)18(5)10-11-19/h6-9,13,17,19H,10-12H2,1-5H3. The van der Waals surface area contributed by atoms with Gasteiger partial charge in [0.15, 0.2) is 0 Å². The summed E-state index contributed by atoms with van der Waals surface area (Å²) in [5, 5.41) is 12.4. The molecule has 1 aromatic rings. The first-order valence-corrected chi connectivity index (χ1v) is 8.93. The Balaban J connectivity index is 3.00. The maximum absolute atomic E-state index is 12.6. The third-order valence-corrected chi connectivity index (χ3v) is 5.93. The molecule has 2 N–H and O–H groups in total. The van der Waals surface area contributed by atoms with E-state index >= 15 is 0 Å². The van der Waals surface area contributed by atoms with Gasteiger partial charge in [0.2, 0.25) is 10.0 Å². The summed E-state index contributed by atoms with van der Waals surface area (Å²) in [6.07, 6.45) is 0. The van der Waals surface area contributed by atoms with E-state index in [2.05, 4.69) is 33.0 Å². The van der Waals surface area contributed by atoms with Crippen LogP contribution in [0.3, 0.4) is 0 Å². The van der Waals surface area contributed by atoms with Crippen LogP contribution >= 0.6 is 0 Å². The Morgan fingerprint density at radius 2 is 1.86 bits per heavy atom. The predicted octanol–water partition coefficient (Wildman–Crippen LogP) is 1.82. The molecule has 0 radical (unpaired) electrons. The number of likely N-dealkylation sites (N-methyl/N-ethyl adjacent to an activating group) is 1. The fourth-order valence-electron chi connectivity index (χ4n) is 1.90. The summed E-state index contributed by atoms with van der Waals surface area (Å²) in [7, 11) is -2.10. The number of aliphatic hydroxyl groups is 1. The van der Waals surface area contributed by atoms with Gasteiger partial charge in [0.1, 0.15) is 0 Å². The highest BCUT2D eigenvalue weighted by molar-refractivity contribution is 7.89. The Kier molecular flexibility index (Phi) is 6.55. The summed E-state index contributed by atoms with van der Waals surface area (Å²) in [5.41, 5.74) is 0.838. The smallest absolute Gasteiger partial charge is 0.243 e. The SMILES string of the molecule is CC(NCc1ccccc1S(=O)(=O)N(C)CCO)C(C)(C)C. The molecular formula is C16H28N2O3S. The van der Waals surface area contributed by atoms with E-state index in [1.807, 2.05) is 12.1 Å². The van der Waals surface area contributed by atoms with Crippen molar-refractivity contribution in [2.75, 3.05) is 20.2 Å². The van der Waals surface area contributed by atoms with Gasteiger partial charge >= 0.3 is 0 Å². The van der Waals surface area contributed by atoms with Gasteiger partial charge < -0.3 is 10.4 Å². The van der Waals surface area contributed by atoms with E-state index in [9.17, 15) is 8.42 Å². The van der Waals surface area contributed by atoms with Crippen molar-refractivity contribution < 1.29 is 13.5 Å². The van der Waals surface area contributed by atoms with E-state index in [4.69, 9.17) is 5.11 Å². The second-order valence-electron chi connectivity index (χ2n) is 6.63. The third kappa shape index (κ3) is 4.78. The Morgan fingerprint density at radius 3 is 2.41 bits per heavy atom. The highest BCUT2D eigenvalue weighted by Crippen LogP contribution is 2.22. The molecule has 0 aliphatic rings. The van der Waals surface area contributed by atoms with Gasteiger partial charge in [-0.3, -0.25) is 0 Å². The molecule has 0 aliphatic carbocycles. The topological polar surface area (TPSA) is 69.6 Å². The number of hydrogen-bond donors (Lipinski definition) is 2. The summed E-state index contributed by atoms with van der Waals surface area (Å²) in [5.74, 6) is 0. The van der Waals surface area contributed by atoms with Gasteiger partial charge in [0.25, 0.3) is 0 Å². The minimum atomic E-state index is -3.58. The van der Waals surface area contributed by atoms with E-state index in [-0.39, 0.29) is 24.6 Å². The molecule has 6 heteroatoms. The number of aliphatic hydroxyl groups excluding tert-OH is 1. The minimum Gasteiger partial charge on any atom is -0.395 e. The van der Waals surface area contributed by atoms with E-state index in [1.54, 1.807) is 12.1 Å². The van der Waals surface area contributed by atoms with E-state index in [1.165, 1.54) is 11.4 Å². The molecule has 0 aliphatic heterocycles. The van der Waals surface area contributed by atoms with Gasteiger partial charge in [-0.05, 0) is 24.0 Å². The Morgan fingerprint density at radius 1 is 1.27 bits per heavy atom. The predicted molar refractivity (Wildman–Crippen MR) is 89.1 cm³/mol. The first-order valence-electron chi connectivity index (χ1n) is 7.49. The summed E-state index contributed by atoms with van der Waals surface area (Å²) >= 11 is 0. The second kappa shape index (κ2) is 7.55. The monoisotopic (exact) mass is 328 g/mol. The molecule has 0 aromatic heterocycles. The molecule has 0 bridgehead atoms. The lowest BCUT2D eigenvalue weighted by Gasteiger charge is -2.28. The van der Waals surface area contributed by atoms with Crippen LogP contribution in [0, 0.1) is 5.41 Å². The van der Waals surface area contributed by atoms with Crippen LogP contribution < -0.4 is 5.32 Å². The molecule has 1 atom stereocenters. The summed E-state index contributed by atoms with van der Waals surface area (Å²) in [6.45, 7) is 8.89. The van der Waals surface area contributed by atoms with Crippen LogP contribution in [-0.2, 0) is 16.6 Å². The van der Waals surface area contributed by atoms with E-state index in [0.29, 0.717) is 11.4 Å². The van der Waals surface area contributed by atoms with Gasteiger partial charge in [-0.15, -0.1) is 0 Å². The highest BCUT2D eigenvalue weighted by Gasteiger charge is 2.24. The van der Waals surface area contributed by atoms with Gasteiger partial charge in [-0.2, -0.15) is 4.31 Å². The normalized spacial score (nSPS) is 14.3. The summed E-state index contributed by atoms with van der Waals surface area (Å²) in [4.78, 5) is 0.291. The lowest BCUT2D eigenvalue weighted by Crippen LogP contribution is -2.37. The van der Waals surface area contributed by atoms with E-state index < -0.39 is 10.0 Å². The zero-order valence-corrected chi connectivity index (χ0v) is 14.9. The Labute approximate surface area is 134 Å². The molecule has 0 heterocycles. The molecule has 1 aromatic carbocycles. The highest BCUT2D eigenvalue weighted by atomic mass is 32.2. The molecule has 0 saturated heterocycles. The number of hydrogen-bond acceptors (Lipinski definition) is 4. The fraction of sp³-hybridized carbons (Fsp3) is 0.625. The van der Waals surface area contributed by atoms with Gasteiger partial charge in [-0.25, -0.2) is 8.42 Å². The molecule has 0 spiro atoms. The zero-order chi connectivity index (χ0) is 17.0. The van der Waals surface area contributed by atoms with Crippen molar-refractivity contribution in [2.45, 2.75) is 45.2 Å². The van der Waals surface area contributed by atoms with Crippen molar-refractivity contribution in [2.24, 2.45) is 5.41 Å². The minimum absolute atomic E-state index is 0.0858. The van der Waals surface area contributed by atoms with Crippen LogP contribution in [0.2, 0.25) is 0 Å². The first-order chi connectivity index (χ1) is 10.1. The Bertz CT molecular complexity index is 579. The molecule has 126 valence electrons. The van der Waals surface area contributed by atoms with Crippen molar-refractivity contribution in [1.82, 2.24) is 9.62 Å². The largest absolute Gasteiger partial charge is 0.395 e. The molecular weight excluding hydrogens is 300 g/mol. The lowest BCUT2D eigenvalue weighted by molar-refractivity contribution is 0.266. The van der Waals surface area contributed by atoms with Crippen LogP contribution in [0.4, 0.5) is 0 Å². The molecule has 1 unspecified atom stereocenters. The number of nitrogens with one attached hydrogen (secondary N) is 1. The van der Waals surface area contributed by atoms with Crippen LogP contribution in [0.1, 0.15) is 33.3 Å². The molecule has 5 nitrogen and oxygen atoms in total. The van der Waals surface area contributed by atoms with Gasteiger partial charge in [0.05, 0.1) is 11.5 Å². The van der Waals surface area contributed by atoms with Crippen LogP contribution in [0.25, 0.3) is 0 Å². The molecule has 0 amide bonds. The number of benzene rings is 1. The first kappa shape index (κ1) is 19.1. The molecule has 1 rings (SSSR count). The maximum atomic E-state index is 12.6. The average molecular weight is 328 g/mol. The van der Waals surface area contributed by atoms with Gasteiger partial charge in [0, 0.05) is 26.2 Å². The summed E-state index contributed by atoms with van der Waals surface area (Å²) < 4.78 is 26.3. The number of rotatable bonds is 7. The van der Waals surface area contributed by atoms with Gasteiger partial charge in [-0.1, -0.05) is 39.0 Å². The van der Waals surface area contributed by atoms with Crippen molar-refractivity contribution >= 4 is 10.0 Å². The average Bonchev–Trinajstić information content (AvgIpc) is 2.44.